The molecule has 0 aliphatic rings. The summed E-state index contributed by atoms with van der Waals surface area (Å²) in [5.41, 5.74) is 7.86. The van der Waals surface area contributed by atoms with Crippen LogP contribution in [0.5, 0.6) is 0 Å². The van der Waals surface area contributed by atoms with Gasteiger partial charge in [0, 0.05) is 11.6 Å². The van der Waals surface area contributed by atoms with Crippen molar-refractivity contribution in [1.82, 2.24) is 19.5 Å². The van der Waals surface area contributed by atoms with E-state index in [9.17, 15) is 4.79 Å². The van der Waals surface area contributed by atoms with Gasteiger partial charge in [0.25, 0.3) is 0 Å². The summed E-state index contributed by atoms with van der Waals surface area (Å²) < 4.78 is 1.52. The van der Waals surface area contributed by atoms with E-state index in [1.54, 1.807) is 12.3 Å². The van der Waals surface area contributed by atoms with Crippen LogP contribution in [0.2, 0.25) is 0 Å². The van der Waals surface area contributed by atoms with Crippen LogP contribution in [0.4, 0.5) is 5.95 Å². The lowest BCUT2D eigenvalue weighted by atomic mass is 10.1. The Kier molecular flexibility index (Phi) is 5.94. The van der Waals surface area contributed by atoms with Crippen molar-refractivity contribution in [3.8, 4) is 0 Å². The molecule has 8 heteroatoms. The second-order valence-electron chi connectivity index (χ2n) is 5.28. The van der Waals surface area contributed by atoms with Crippen molar-refractivity contribution in [3.05, 3.63) is 52.1 Å². The zero-order valence-corrected chi connectivity index (χ0v) is 14.4. The Labute approximate surface area is 144 Å². The van der Waals surface area contributed by atoms with E-state index in [0.29, 0.717) is 41.8 Å². The highest BCUT2D eigenvalue weighted by molar-refractivity contribution is 6.31. The number of imidazole rings is 1. The maximum atomic E-state index is 12.2. The number of H-pyrrole nitrogens is 1. The first-order valence-corrected chi connectivity index (χ1v) is 7.92. The molecular formula is C16H21ClN6O. The van der Waals surface area contributed by atoms with E-state index < -0.39 is 0 Å². The quantitative estimate of drug-likeness (QED) is 0.501. The van der Waals surface area contributed by atoms with Crippen LogP contribution in [-0.4, -0.2) is 32.6 Å². The Morgan fingerprint density at radius 2 is 2.33 bits per heavy atom. The lowest BCUT2D eigenvalue weighted by molar-refractivity contribution is 0.771. The van der Waals surface area contributed by atoms with Crippen LogP contribution in [0.15, 0.2) is 46.4 Å². The molecule has 0 aliphatic carbocycles. The van der Waals surface area contributed by atoms with Gasteiger partial charge in [0.05, 0.1) is 12.7 Å². The van der Waals surface area contributed by atoms with Gasteiger partial charge < -0.3 is 16.0 Å². The summed E-state index contributed by atoms with van der Waals surface area (Å²) in [4.78, 5) is 23.6. The highest BCUT2D eigenvalue weighted by atomic mass is 35.5. The van der Waals surface area contributed by atoms with Crippen molar-refractivity contribution in [1.29, 1.82) is 0 Å². The van der Waals surface area contributed by atoms with Gasteiger partial charge in [0.2, 0.25) is 5.95 Å². The van der Waals surface area contributed by atoms with Crippen molar-refractivity contribution >= 4 is 28.7 Å². The third kappa shape index (κ3) is 3.93. The van der Waals surface area contributed by atoms with Crippen molar-refractivity contribution < 1.29 is 0 Å². The van der Waals surface area contributed by atoms with Gasteiger partial charge in [0.1, 0.15) is 5.52 Å². The largest absolute Gasteiger partial charge is 0.354 e. The molecule has 2 aromatic heterocycles. The fourth-order valence-electron chi connectivity index (χ4n) is 2.16. The van der Waals surface area contributed by atoms with Gasteiger partial charge in [-0.05, 0) is 31.0 Å². The Bertz CT molecular complexity index is 848. The first-order chi connectivity index (χ1) is 11.5. The average Bonchev–Trinajstić information content (AvgIpc) is 2.87. The SMILES string of the molecule is C=C/C(Cn1c(=O)[nH]c2cnc(NCCCN)nc21)=C(/C)C(=C)Cl. The number of anilines is 1. The molecule has 0 aliphatic heterocycles. The molecule has 0 unspecified atom stereocenters. The Morgan fingerprint density at radius 3 is 2.96 bits per heavy atom. The molecule has 4 N–H and O–H groups in total. The van der Waals surface area contributed by atoms with Gasteiger partial charge in [0.15, 0.2) is 5.65 Å². The van der Waals surface area contributed by atoms with Crippen LogP contribution in [0, 0.1) is 0 Å². The summed E-state index contributed by atoms with van der Waals surface area (Å²) >= 11 is 5.95. The number of aromatic nitrogens is 4. The average molecular weight is 349 g/mol. The Morgan fingerprint density at radius 1 is 1.58 bits per heavy atom. The first kappa shape index (κ1) is 18.0. The van der Waals surface area contributed by atoms with E-state index in [2.05, 4.69) is 33.4 Å². The van der Waals surface area contributed by atoms with Crippen LogP contribution in [0.25, 0.3) is 11.2 Å². The van der Waals surface area contributed by atoms with E-state index in [1.165, 1.54) is 4.57 Å². The summed E-state index contributed by atoms with van der Waals surface area (Å²) in [5, 5.41) is 3.50. The van der Waals surface area contributed by atoms with Crippen LogP contribution in [-0.2, 0) is 6.54 Å². The minimum Gasteiger partial charge on any atom is -0.354 e. The summed E-state index contributed by atoms with van der Waals surface area (Å²) in [6.45, 7) is 10.9. The van der Waals surface area contributed by atoms with E-state index in [-0.39, 0.29) is 5.69 Å². The van der Waals surface area contributed by atoms with Gasteiger partial charge >= 0.3 is 5.69 Å². The van der Waals surface area contributed by atoms with Crippen molar-refractivity contribution in [2.24, 2.45) is 5.73 Å². The van der Waals surface area contributed by atoms with E-state index in [0.717, 1.165) is 17.6 Å². The number of halogens is 1. The molecular weight excluding hydrogens is 328 g/mol. The lowest BCUT2D eigenvalue weighted by Crippen LogP contribution is -2.18. The second-order valence-corrected chi connectivity index (χ2v) is 5.73. The topological polar surface area (TPSA) is 102 Å². The molecule has 2 heterocycles. The smallest absolute Gasteiger partial charge is 0.328 e. The number of nitrogens with zero attached hydrogens (tertiary/aromatic N) is 3. The van der Waals surface area contributed by atoms with Crippen molar-refractivity contribution in [2.75, 3.05) is 18.4 Å². The van der Waals surface area contributed by atoms with Gasteiger partial charge in [-0.15, -0.1) is 0 Å². The van der Waals surface area contributed by atoms with Gasteiger partial charge in [-0.25, -0.2) is 9.78 Å². The molecule has 24 heavy (non-hydrogen) atoms. The Hall–Kier alpha value is -2.38. The number of fused-ring (bicyclic) bond motifs is 1. The minimum absolute atomic E-state index is 0.272. The number of aromatic amines is 1. The number of nitrogens with one attached hydrogen (secondary N) is 2. The maximum absolute atomic E-state index is 12.2. The van der Waals surface area contributed by atoms with Gasteiger partial charge in [-0.1, -0.05) is 30.8 Å². The molecule has 7 nitrogen and oxygen atoms in total. The summed E-state index contributed by atoms with van der Waals surface area (Å²) in [6.07, 6.45) is 4.05. The minimum atomic E-state index is -0.272. The number of nitrogens with two attached hydrogens (primary N) is 1. The zero-order chi connectivity index (χ0) is 17.7. The standard InChI is InChI=1S/C16H21ClN6O/c1-4-12(10(2)11(3)17)9-23-14-13(21-16(23)24)8-20-15(22-14)19-7-5-6-18/h4,8H,1,3,5-7,9,18H2,2H3,(H,21,24)(H,19,20,22)/b12-10+. The molecule has 0 aromatic carbocycles. The predicted molar refractivity (Wildman–Crippen MR) is 98.2 cm³/mol. The molecule has 0 saturated carbocycles. The molecule has 0 amide bonds. The number of rotatable bonds is 8. The van der Waals surface area contributed by atoms with Crippen LogP contribution < -0.4 is 16.7 Å². The molecule has 0 atom stereocenters. The fraction of sp³-hybridized carbons (Fsp3) is 0.312. The van der Waals surface area contributed by atoms with Crippen LogP contribution >= 0.6 is 11.6 Å². The monoisotopic (exact) mass is 348 g/mol. The summed E-state index contributed by atoms with van der Waals surface area (Å²) in [6, 6.07) is 0. The molecule has 0 bridgehead atoms. The van der Waals surface area contributed by atoms with E-state index >= 15 is 0 Å². The zero-order valence-electron chi connectivity index (χ0n) is 13.6. The van der Waals surface area contributed by atoms with Gasteiger partial charge in [-0.2, -0.15) is 4.98 Å². The molecule has 2 aromatic rings. The number of allylic oxidation sites excluding steroid dienone is 4. The first-order valence-electron chi connectivity index (χ1n) is 7.54. The molecule has 128 valence electrons. The molecule has 0 fully saturated rings. The maximum Gasteiger partial charge on any atom is 0.328 e. The number of hydrogen-bond acceptors (Lipinski definition) is 5. The summed E-state index contributed by atoms with van der Waals surface area (Å²) in [7, 11) is 0. The Balaban J connectivity index is 2.42. The van der Waals surface area contributed by atoms with Crippen molar-refractivity contribution in [3.63, 3.8) is 0 Å². The van der Waals surface area contributed by atoms with E-state index in [4.69, 9.17) is 17.3 Å². The highest BCUT2D eigenvalue weighted by Crippen LogP contribution is 2.19. The van der Waals surface area contributed by atoms with Crippen molar-refractivity contribution in [2.45, 2.75) is 19.9 Å². The predicted octanol–water partition coefficient (Wildman–Crippen LogP) is 2.14. The second kappa shape index (κ2) is 7.94. The fourth-order valence-corrected chi connectivity index (χ4v) is 2.28. The lowest BCUT2D eigenvalue weighted by Gasteiger charge is -2.09. The summed E-state index contributed by atoms with van der Waals surface area (Å²) in [5.74, 6) is 0.450. The third-order valence-corrected chi connectivity index (χ3v) is 3.92. The van der Waals surface area contributed by atoms with E-state index in [1.807, 2.05) is 6.92 Å². The van der Waals surface area contributed by atoms with Crippen LogP contribution in [0.3, 0.4) is 0 Å². The molecule has 0 saturated heterocycles. The molecule has 0 spiro atoms. The third-order valence-electron chi connectivity index (χ3n) is 3.64. The normalized spacial score (nSPS) is 12.1. The van der Waals surface area contributed by atoms with Crippen LogP contribution in [0.1, 0.15) is 13.3 Å². The van der Waals surface area contributed by atoms with Gasteiger partial charge in [-0.3, -0.25) is 4.57 Å². The molecule has 0 radical (unpaired) electrons. The molecule has 2 rings (SSSR count). The highest BCUT2D eigenvalue weighted by Gasteiger charge is 2.12. The number of hydrogen-bond donors (Lipinski definition) is 3.